The van der Waals surface area contributed by atoms with Gasteiger partial charge in [-0.2, -0.15) is 4.37 Å². The Morgan fingerprint density at radius 2 is 2.12 bits per heavy atom. The monoisotopic (exact) mass is 273 g/mol. The lowest BCUT2D eigenvalue weighted by molar-refractivity contribution is 0.0702. The summed E-state index contributed by atoms with van der Waals surface area (Å²) in [5, 5.41) is 9.55. The Bertz CT molecular complexity index is 554. The van der Waals surface area contributed by atoms with E-state index in [9.17, 15) is 4.79 Å². The predicted molar refractivity (Wildman–Crippen MR) is 64.5 cm³/mol. The maximum atomic E-state index is 10.8. The largest absolute Gasteiger partial charge is 0.477 e. The molecule has 0 radical (unpaired) electrons. The molecule has 1 N–H and O–H groups in total. The topological polar surface area (TPSA) is 50.2 Å². The van der Waals surface area contributed by atoms with Crippen LogP contribution < -0.4 is 0 Å². The van der Waals surface area contributed by atoms with Gasteiger partial charge < -0.3 is 5.11 Å². The second kappa shape index (κ2) is 4.41. The van der Waals surface area contributed by atoms with E-state index in [0.29, 0.717) is 16.3 Å². The van der Waals surface area contributed by atoms with E-state index >= 15 is 0 Å². The Hall–Kier alpha value is -1.10. The standard InChI is InChI=1S/C10H5Cl2NO2S/c11-6-3-1-2-5(4-6)8-7(12)9(10(14)15)16-13-8/h1-4H,(H,14,15). The first kappa shape index (κ1) is 11.4. The molecule has 0 aliphatic carbocycles. The molecule has 1 aromatic heterocycles. The van der Waals surface area contributed by atoms with Gasteiger partial charge in [-0.1, -0.05) is 35.3 Å². The van der Waals surface area contributed by atoms with Crippen LogP contribution in [0.5, 0.6) is 0 Å². The summed E-state index contributed by atoms with van der Waals surface area (Å²) in [5.74, 6) is -1.07. The molecule has 0 amide bonds. The quantitative estimate of drug-likeness (QED) is 0.905. The van der Waals surface area contributed by atoms with Crippen LogP contribution in [0.1, 0.15) is 9.67 Å². The molecule has 0 saturated carbocycles. The van der Waals surface area contributed by atoms with Crippen molar-refractivity contribution in [2.45, 2.75) is 0 Å². The highest BCUT2D eigenvalue weighted by Gasteiger charge is 2.18. The van der Waals surface area contributed by atoms with Crippen molar-refractivity contribution in [3.05, 3.63) is 39.2 Å². The van der Waals surface area contributed by atoms with Gasteiger partial charge in [0, 0.05) is 10.6 Å². The minimum absolute atomic E-state index is 0.0386. The van der Waals surface area contributed by atoms with Crippen LogP contribution in [0.3, 0.4) is 0 Å². The number of rotatable bonds is 2. The van der Waals surface area contributed by atoms with E-state index in [2.05, 4.69) is 4.37 Å². The van der Waals surface area contributed by atoms with Gasteiger partial charge in [-0.3, -0.25) is 0 Å². The highest BCUT2D eigenvalue weighted by atomic mass is 35.5. The van der Waals surface area contributed by atoms with Crippen molar-refractivity contribution in [2.75, 3.05) is 0 Å². The average molecular weight is 274 g/mol. The number of carbonyl (C=O) groups is 1. The van der Waals surface area contributed by atoms with Gasteiger partial charge >= 0.3 is 5.97 Å². The van der Waals surface area contributed by atoms with Gasteiger partial charge in [-0.15, -0.1) is 0 Å². The molecule has 0 spiro atoms. The summed E-state index contributed by atoms with van der Waals surface area (Å²) in [4.78, 5) is 10.8. The van der Waals surface area contributed by atoms with Crippen molar-refractivity contribution >= 4 is 40.7 Å². The van der Waals surface area contributed by atoms with Gasteiger partial charge in [0.2, 0.25) is 0 Å². The van der Waals surface area contributed by atoms with E-state index in [-0.39, 0.29) is 9.90 Å². The molecule has 2 rings (SSSR count). The van der Waals surface area contributed by atoms with Crippen LogP contribution in [-0.4, -0.2) is 15.4 Å². The Kier molecular flexibility index (Phi) is 3.14. The van der Waals surface area contributed by atoms with Crippen molar-refractivity contribution in [1.29, 1.82) is 0 Å². The SMILES string of the molecule is O=C(O)c1snc(-c2cccc(Cl)c2)c1Cl. The first-order valence-electron chi connectivity index (χ1n) is 4.24. The second-order valence-corrected chi connectivity index (χ2v) is 4.58. The molecular weight excluding hydrogens is 269 g/mol. The molecule has 2 aromatic rings. The Morgan fingerprint density at radius 1 is 1.38 bits per heavy atom. The maximum Gasteiger partial charge on any atom is 0.349 e. The molecule has 16 heavy (non-hydrogen) atoms. The van der Waals surface area contributed by atoms with Gasteiger partial charge in [-0.05, 0) is 23.7 Å². The normalized spacial score (nSPS) is 10.4. The van der Waals surface area contributed by atoms with Crippen molar-refractivity contribution in [1.82, 2.24) is 4.37 Å². The molecule has 0 aliphatic heterocycles. The van der Waals surface area contributed by atoms with Gasteiger partial charge in [0.15, 0.2) is 4.88 Å². The minimum atomic E-state index is -1.07. The van der Waals surface area contributed by atoms with Crippen LogP contribution in [0.4, 0.5) is 0 Å². The maximum absolute atomic E-state index is 10.8. The van der Waals surface area contributed by atoms with Crippen LogP contribution in [0.25, 0.3) is 11.3 Å². The first-order chi connectivity index (χ1) is 7.59. The average Bonchev–Trinajstić information content (AvgIpc) is 2.60. The smallest absolute Gasteiger partial charge is 0.349 e. The van der Waals surface area contributed by atoms with Gasteiger partial charge in [-0.25, -0.2) is 4.79 Å². The fraction of sp³-hybridized carbons (Fsp3) is 0. The molecule has 1 heterocycles. The summed E-state index contributed by atoms with van der Waals surface area (Å²) < 4.78 is 4.02. The third-order valence-electron chi connectivity index (χ3n) is 1.93. The zero-order chi connectivity index (χ0) is 11.7. The minimum Gasteiger partial charge on any atom is -0.477 e. The summed E-state index contributed by atoms with van der Waals surface area (Å²) in [6.07, 6.45) is 0. The van der Waals surface area contributed by atoms with Crippen LogP contribution in [0.2, 0.25) is 10.0 Å². The molecule has 0 unspecified atom stereocenters. The molecular formula is C10H5Cl2NO2S. The van der Waals surface area contributed by atoms with Crippen LogP contribution in [-0.2, 0) is 0 Å². The number of carboxylic acid groups (broad SMARTS) is 1. The van der Waals surface area contributed by atoms with Gasteiger partial charge in [0.1, 0.15) is 5.69 Å². The third kappa shape index (κ3) is 2.04. The van der Waals surface area contributed by atoms with Crippen molar-refractivity contribution in [3.63, 3.8) is 0 Å². The summed E-state index contributed by atoms with van der Waals surface area (Å²) in [6.45, 7) is 0. The number of carboxylic acids is 1. The van der Waals surface area contributed by atoms with E-state index in [1.54, 1.807) is 24.3 Å². The first-order valence-corrected chi connectivity index (χ1v) is 5.77. The lowest BCUT2D eigenvalue weighted by Gasteiger charge is -1.98. The predicted octanol–water partition coefficient (Wildman–Crippen LogP) is 3.82. The van der Waals surface area contributed by atoms with Crippen molar-refractivity contribution in [2.24, 2.45) is 0 Å². The van der Waals surface area contributed by atoms with Crippen molar-refractivity contribution < 1.29 is 9.90 Å². The number of nitrogens with zero attached hydrogens (tertiary/aromatic N) is 1. The van der Waals surface area contributed by atoms with Crippen LogP contribution in [0.15, 0.2) is 24.3 Å². The molecule has 0 fully saturated rings. The Morgan fingerprint density at radius 3 is 2.69 bits per heavy atom. The number of aromatic carboxylic acids is 1. The Balaban J connectivity index is 2.53. The zero-order valence-electron chi connectivity index (χ0n) is 7.78. The van der Waals surface area contributed by atoms with Crippen molar-refractivity contribution in [3.8, 4) is 11.3 Å². The molecule has 0 aliphatic rings. The molecule has 0 atom stereocenters. The lowest BCUT2D eigenvalue weighted by atomic mass is 10.1. The number of aromatic nitrogens is 1. The van der Waals surface area contributed by atoms with E-state index < -0.39 is 5.97 Å². The van der Waals surface area contributed by atoms with Crippen LogP contribution >= 0.6 is 34.7 Å². The fourth-order valence-corrected chi connectivity index (χ4v) is 2.44. The lowest BCUT2D eigenvalue weighted by Crippen LogP contribution is -1.92. The number of hydrogen-bond acceptors (Lipinski definition) is 3. The molecule has 1 aromatic carbocycles. The molecule has 3 nitrogen and oxygen atoms in total. The van der Waals surface area contributed by atoms with E-state index in [1.165, 1.54) is 0 Å². The number of hydrogen-bond donors (Lipinski definition) is 1. The van der Waals surface area contributed by atoms with Gasteiger partial charge in [0.05, 0.1) is 5.02 Å². The number of benzene rings is 1. The third-order valence-corrected chi connectivity index (χ3v) is 3.48. The van der Waals surface area contributed by atoms with E-state index in [4.69, 9.17) is 28.3 Å². The second-order valence-electron chi connectivity index (χ2n) is 2.99. The Labute approximate surface area is 105 Å². The summed E-state index contributed by atoms with van der Waals surface area (Å²) in [7, 11) is 0. The van der Waals surface area contributed by atoms with Gasteiger partial charge in [0.25, 0.3) is 0 Å². The molecule has 82 valence electrons. The molecule has 0 saturated heterocycles. The fourth-order valence-electron chi connectivity index (χ4n) is 1.23. The van der Waals surface area contributed by atoms with Crippen LogP contribution in [0, 0.1) is 0 Å². The summed E-state index contributed by atoms with van der Waals surface area (Å²) in [5.41, 5.74) is 1.16. The zero-order valence-corrected chi connectivity index (χ0v) is 10.1. The summed E-state index contributed by atoms with van der Waals surface area (Å²) in [6, 6.07) is 6.95. The summed E-state index contributed by atoms with van der Waals surface area (Å²) >= 11 is 12.6. The highest BCUT2D eigenvalue weighted by molar-refractivity contribution is 7.09. The molecule has 0 bridgehead atoms. The molecule has 6 heteroatoms. The highest BCUT2D eigenvalue weighted by Crippen LogP contribution is 2.33. The number of halogens is 2. The van der Waals surface area contributed by atoms with E-state index in [1.807, 2.05) is 0 Å². The van der Waals surface area contributed by atoms with E-state index in [0.717, 1.165) is 11.5 Å².